The summed E-state index contributed by atoms with van der Waals surface area (Å²) in [7, 11) is 0. The van der Waals surface area contributed by atoms with Gasteiger partial charge >= 0.3 is 0 Å². The van der Waals surface area contributed by atoms with Gasteiger partial charge in [0.2, 0.25) is 0 Å². The Morgan fingerprint density at radius 2 is 1.91 bits per heavy atom. The van der Waals surface area contributed by atoms with Crippen molar-refractivity contribution in [3.05, 3.63) is 0 Å². The summed E-state index contributed by atoms with van der Waals surface area (Å²) in [6.45, 7) is 6.99. The summed E-state index contributed by atoms with van der Waals surface area (Å²) in [5.41, 5.74) is 0. The molecule has 1 aliphatic rings. The standard InChI is InChI=1S/C10H20S/c1-7(2)9-5-4-8(3)6-10(9)11/h7-11H,4-6H2,1-3H3/t8-,9-,10-/m1/s1. The second-order valence-electron chi connectivity index (χ2n) is 4.39. The van der Waals surface area contributed by atoms with E-state index in [0.29, 0.717) is 5.25 Å². The van der Waals surface area contributed by atoms with Gasteiger partial charge in [-0.1, -0.05) is 27.2 Å². The average molecular weight is 172 g/mol. The fourth-order valence-corrected chi connectivity index (χ4v) is 3.01. The van der Waals surface area contributed by atoms with Crippen LogP contribution in [-0.2, 0) is 0 Å². The molecule has 0 unspecified atom stereocenters. The highest BCUT2D eigenvalue weighted by atomic mass is 32.1. The van der Waals surface area contributed by atoms with Crippen molar-refractivity contribution in [1.82, 2.24) is 0 Å². The van der Waals surface area contributed by atoms with Crippen molar-refractivity contribution in [2.75, 3.05) is 0 Å². The molecule has 0 spiro atoms. The summed E-state index contributed by atoms with van der Waals surface area (Å²) in [6.07, 6.45) is 4.14. The van der Waals surface area contributed by atoms with Crippen LogP contribution < -0.4 is 0 Å². The molecule has 0 saturated heterocycles. The number of hydrogen-bond acceptors (Lipinski definition) is 1. The summed E-state index contributed by atoms with van der Waals surface area (Å²) in [5.74, 6) is 2.60. The average Bonchev–Trinajstić information content (AvgIpc) is 1.85. The van der Waals surface area contributed by atoms with Crippen molar-refractivity contribution in [2.45, 2.75) is 45.3 Å². The highest BCUT2D eigenvalue weighted by molar-refractivity contribution is 7.81. The molecule has 0 aromatic heterocycles. The maximum atomic E-state index is 4.65. The predicted octanol–water partition coefficient (Wildman–Crippen LogP) is 3.38. The van der Waals surface area contributed by atoms with Crippen LogP contribution in [-0.4, -0.2) is 5.25 Å². The van der Waals surface area contributed by atoms with Crippen LogP contribution in [0.3, 0.4) is 0 Å². The van der Waals surface area contributed by atoms with E-state index in [1.54, 1.807) is 0 Å². The van der Waals surface area contributed by atoms with Gasteiger partial charge in [0, 0.05) is 5.25 Å². The van der Waals surface area contributed by atoms with Crippen molar-refractivity contribution in [1.29, 1.82) is 0 Å². The lowest BCUT2D eigenvalue weighted by Gasteiger charge is -2.34. The lowest BCUT2D eigenvalue weighted by Crippen LogP contribution is -2.27. The largest absolute Gasteiger partial charge is 0.176 e. The lowest BCUT2D eigenvalue weighted by molar-refractivity contribution is 0.245. The van der Waals surface area contributed by atoms with Crippen LogP contribution in [0.25, 0.3) is 0 Å². The van der Waals surface area contributed by atoms with Crippen LogP contribution in [0, 0.1) is 17.8 Å². The van der Waals surface area contributed by atoms with E-state index in [1.807, 2.05) is 0 Å². The van der Waals surface area contributed by atoms with E-state index in [9.17, 15) is 0 Å². The molecule has 0 amide bonds. The number of hydrogen-bond donors (Lipinski definition) is 1. The minimum Gasteiger partial charge on any atom is -0.176 e. The first-order valence-electron chi connectivity index (χ1n) is 4.79. The molecule has 1 heteroatoms. The van der Waals surface area contributed by atoms with Crippen molar-refractivity contribution < 1.29 is 0 Å². The van der Waals surface area contributed by atoms with Gasteiger partial charge in [0.15, 0.2) is 0 Å². The van der Waals surface area contributed by atoms with E-state index < -0.39 is 0 Å². The van der Waals surface area contributed by atoms with Crippen LogP contribution in [0.4, 0.5) is 0 Å². The lowest BCUT2D eigenvalue weighted by atomic mass is 9.77. The Hall–Kier alpha value is 0.350. The quantitative estimate of drug-likeness (QED) is 0.576. The molecule has 0 heterocycles. The molecule has 0 bridgehead atoms. The van der Waals surface area contributed by atoms with E-state index in [4.69, 9.17) is 0 Å². The van der Waals surface area contributed by atoms with E-state index in [2.05, 4.69) is 33.4 Å². The van der Waals surface area contributed by atoms with Gasteiger partial charge in [-0.3, -0.25) is 0 Å². The molecule has 3 atom stereocenters. The van der Waals surface area contributed by atoms with E-state index in [-0.39, 0.29) is 0 Å². The topological polar surface area (TPSA) is 0 Å². The summed E-state index contributed by atoms with van der Waals surface area (Å²) in [5, 5.41) is 0.666. The summed E-state index contributed by atoms with van der Waals surface area (Å²) in [6, 6.07) is 0. The molecule has 0 aliphatic heterocycles. The van der Waals surface area contributed by atoms with Gasteiger partial charge in [0.25, 0.3) is 0 Å². The fraction of sp³-hybridized carbons (Fsp3) is 1.00. The third kappa shape index (κ3) is 2.40. The normalized spacial score (nSPS) is 39.5. The SMILES string of the molecule is CC(C)[C@H]1CC[C@@H](C)C[C@H]1S. The molecule has 11 heavy (non-hydrogen) atoms. The van der Waals surface area contributed by atoms with E-state index in [1.165, 1.54) is 19.3 Å². The Morgan fingerprint density at radius 1 is 1.27 bits per heavy atom. The van der Waals surface area contributed by atoms with Crippen LogP contribution in [0.1, 0.15) is 40.0 Å². The Morgan fingerprint density at radius 3 is 2.36 bits per heavy atom. The number of rotatable bonds is 1. The monoisotopic (exact) mass is 172 g/mol. The zero-order valence-electron chi connectivity index (χ0n) is 7.88. The molecule has 1 aliphatic carbocycles. The molecule has 1 saturated carbocycles. The van der Waals surface area contributed by atoms with Crippen molar-refractivity contribution in [3.63, 3.8) is 0 Å². The summed E-state index contributed by atoms with van der Waals surface area (Å²) >= 11 is 4.65. The van der Waals surface area contributed by atoms with Gasteiger partial charge in [-0.2, -0.15) is 12.6 Å². The number of thiol groups is 1. The van der Waals surface area contributed by atoms with E-state index in [0.717, 1.165) is 17.8 Å². The van der Waals surface area contributed by atoms with Gasteiger partial charge < -0.3 is 0 Å². The molecule has 1 fully saturated rings. The molecule has 66 valence electrons. The van der Waals surface area contributed by atoms with Crippen molar-refractivity contribution in [2.24, 2.45) is 17.8 Å². The smallest absolute Gasteiger partial charge is 0.00500 e. The highest BCUT2D eigenvalue weighted by Crippen LogP contribution is 2.36. The Bertz CT molecular complexity index is 120. The minimum atomic E-state index is 0.666. The Kier molecular flexibility index (Phi) is 3.29. The first-order valence-corrected chi connectivity index (χ1v) is 5.31. The van der Waals surface area contributed by atoms with Crippen molar-refractivity contribution in [3.8, 4) is 0 Å². The molecule has 0 radical (unpaired) electrons. The van der Waals surface area contributed by atoms with Crippen LogP contribution in [0.15, 0.2) is 0 Å². The van der Waals surface area contributed by atoms with Gasteiger partial charge in [0.1, 0.15) is 0 Å². The predicted molar refractivity (Wildman–Crippen MR) is 54.1 cm³/mol. The first kappa shape index (κ1) is 9.44. The van der Waals surface area contributed by atoms with Gasteiger partial charge in [0.05, 0.1) is 0 Å². The highest BCUT2D eigenvalue weighted by Gasteiger charge is 2.27. The summed E-state index contributed by atoms with van der Waals surface area (Å²) in [4.78, 5) is 0. The third-order valence-corrected chi connectivity index (χ3v) is 3.58. The zero-order valence-corrected chi connectivity index (χ0v) is 8.77. The molecule has 0 N–H and O–H groups in total. The molecule has 0 nitrogen and oxygen atoms in total. The molecule has 1 rings (SSSR count). The third-order valence-electron chi connectivity index (χ3n) is 2.99. The van der Waals surface area contributed by atoms with Crippen LogP contribution in [0.5, 0.6) is 0 Å². The minimum absolute atomic E-state index is 0.666. The molecule has 0 aromatic carbocycles. The van der Waals surface area contributed by atoms with Gasteiger partial charge in [-0.15, -0.1) is 0 Å². The van der Waals surface area contributed by atoms with E-state index >= 15 is 0 Å². The first-order chi connectivity index (χ1) is 5.11. The van der Waals surface area contributed by atoms with Crippen LogP contribution >= 0.6 is 12.6 Å². The second-order valence-corrected chi connectivity index (χ2v) is 5.06. The molecular weight excluding hydrogens is 152 g/mol. The van der Waals surface area contributed by atoms with Gasteiger partial charge in [-0.05, 0) is 30.6 Å². The maximum Gasteiger partial charge on any atom is 0.00500 e. The molecule has 0 aromatic rings. The zero-order chi connectivity index (χ0) is 8.43. The maximum absolute atomic E-state index is 4.65. The summed E-state index contributed by atoms with van der Waals surface area (Å²) < 4.78 is 0. The molecular formula is C10H20S. The van der Waals surface area contributed by atoms with Crippen molar-refractivity contribution >= 4 is 12.6 Å². The van der Waals surface area contributed by atoms with Crippen LogP contribution in [0.2, 0.25) is 0 Å². The van der Waals surface area contributed by atoms with Gasteiger partial charge in [-0.25, -0.2) is 0 Å². The fourth-order valence-electron chi connectivity index (χ4n) is 2.15. The Balaban J connectivity index is 2.44. The Labute approximate surface area is 76.2 Å². The second kappa shape index (κ2) is 3.84.